The van der Waals surface area contributed by atoms with Gasteiger partial charge in [-0.3, -0.25) is 9.59 Å². The van der Waals surface area contributed by atoms with Crippen molar-refractivity contribution in [2.75, 3.05) is 24.5 Å². The number of nitrogens with zero attached hydrogens (tertiary/aromatic N) is 4. The van der Waals surface area contributed by atoms with E-state index in [0.29, 0.717) is 37.0 Å². The molecule has 1 aromatic heterocycles. The molecule has 3 aromatic rings. The first-order valence-corrected chi connectivity index (χ1v) is 11.2. The SMILES string of the molecule is Cc1ccc(N2C[C@H](C(=O)N3CCC(c4nnc(-c5ccc(F)cc5)o4)CC3)CC2=O)cc1. The van der Waals surface area contributed by atoms with Gasteiger partial charge in [-0.05, 0) is 56.2 Å². The third-order valence-corrected chi connectivity index (χ3v) is 6.51. The third-order valence-electron chi connectivity index (χ3n) is 6.51. The number of rotatable bonds is 4. The number of halogens is 1. The molecule has 0 bridgehead atoms. The van der Waals surface area contributed by atoms with Crippen LogP contribution in [0.1, 0.15) is 36.6 Å². The highest BCUT2D eigenvalue weighted by atomic mass is 19.1. The number of carbonyl (C=O) groups excluding carboxylic acids is 2. The Morgan fingerprint density at radius 3 is 2.42 bits per heavy atom. The highest BCUT2D eigenvalue weighted by Gasteiger charge is 2.38. The predicted molar refractivity (Wildman–Crippen MR) is 120 cm³/mol. The molecule has 2 amide bonds. The Hall–Kier alpha value is -3.55. The monoisotopic (exact) mass is 448 g/mol. The Kier molecular flexibility index (Phi) is 5.66. The number of aromatic nitrogens is 2. The average Bonchev–Trinajstić information content (AvgIpc) is 3.47. The van der Waals surface area contributed by atoms with E-state index in [1.165, 1.54) is 12.1 Å². The molecule has 2 aliphatic heterocycles. The molecule has 2 saturated heterocycles. The second-order valence-corrected chi connectivity index (χ2v) is 8.79. The Labute approximate surface area is 191 Å². The van der Waals surface area contributed by atoms with Gasteiger partial charge in [0, 0.05) is 43.2 Å². The summed E-state index contributed by atoms with van der Waals surface area (Å²) in [5.41, 5.74) is 2.65. The van der Waals surface area contributed by atoms with Gasteiger partial charge in [0.05, 0.1) is 5.92 Å². The van der Waals surface area contributed by atoms with Gasteiger partial charge >= 0.3 is 0 Å². The van der Waals surface area contributed by atoms with Crippen molar-refractivity contribution in [1.82, 2.24) is 15.1 Å². The molecule has 0 saturated carbocycles. The molecule has 7 nitrogen and oxygen atoms in total. The van der Waals surface area contributed by atoms with Crippen LogP contribution in [0.5, 0.6) is 0 Å². The minimum Gasteiger partial charge on any atom is -0.420 e. The van der Waals surface area contributed by atoms with Crippen LogP contribution in [-0.4, -0.2) is 46.5 Å². The maximum atomic E-state index is 13.1. The largest absolute Gasteiger partial charge is 0.420 e. The molecular formula is C25H25FN4O3. The Morgan fingerprint density at radius 1 is 1.03 bits per heavy atom. The minimum atomic E-state index is -0.318. The van der Waals surface area contributed by atoms with E-state index in [1.54, 1.807) is 17.0 Å². The predicted octanol–water partition coefficient (Wildman–Crippen LogP) is 3.94. The number of aryl methyl sites for hydroxylation is 1. The van der Waals surface area contributed by atoms with Crippen LogP contribution in [0.15, 0.2) is 52.9 Å². The van der Waals surface area contributed by atoms with Gasteiger partial charge in [0.15, 0.2) is 0 Å². The van der Waals surface area contributed by atoms with Crippen molar-refractivity contribution in [3.63, 3.8) is 0 Å². The summed E-state index contributed by atoms with van der Waals surface area (Å²) in [6.07, 6.45) is 1.69. The molecule has 8 heteroatoms. The normalized spacial score (nSPS) is 19.3. The standard InChI is InChI=1S/C25H25FN4O3/c1-16-2-8-21(9-3-16)30-15-19(14-22(30)31)25(32)29-12-10-18(11-13-29)24-28-27-23(33-24)17-4-6-20(26)7-5-17/h2-9,18-19H,10-15H2,1H3/t19-/m1/s1. The number of hydrogen-bond donors (Lipinski definition) is 0. The fourth-order valence-corrected chi connectivity index (χ4v) is 4.56. The summed E-state index contributed by atoms with van der Waals surface area (Å²) in [4.78, 5) is 29.2. The van der Waals surface area contributed by atoms with E-state index in [-0.39, 0.29) is 35.9 Å². The van der Waals surface area contributed by atoms with Crippen molar-refractivity contribution in [1.29, 1.82) is 0 Å². The first-order chi connectivity index (χ1) is 16.0. The molecule has 0 radical (unpaired) electrons. The first kappa shape index (κ1) is 21.3. The van der Waals surface area contributed by atoms with E-state index in [0.717, 1.165) is 24.1 Å². The van der Waals surface area contributed by atoms with E-state index in [2.05, 4.69) is 10.2 Å². The molecule has 0 aliphatic carbocycles. The summed E-state index contributed by atoms with van der Waals surface area (Å²) in [5, 5.41) is 8.28. The molecule has 0 N–H and O–H groups in total. The van der Waals surface area contributed by atoms with Crippen LogP contribution in [0.3, 0.4) is 0 Å². The Bertz CT molecular complexity index is 1150. The molecule has 5 rings (SSSR count). The maximum absolute atomic E-state index is 13.1. The van der Waals surface area contributed by atoms with Gasteiger partial charge < -0.3 is 14.2 Å². The fraction of sp³-hybridized carbons (Fsp3) is 0.360. The summed E-state index contributed by atoms with van der Waals surface area (Å²) in [6.45, 7) is 3.61. The van der Waals surface area contributed by atoms with Crippen molar-refractivity contribution >= 4 is 17.5 Å². The van der Waals surface area contributed by atoms with E-state index >= 15 is 0 Å². The number of hydrogen-bond acceptors (Lipinski definition) is 5. The van der Waals surface area contributed by atoms with Crippen molar-refractivity contribution in [3.05, 3.63) is 65.8 Å². The van der Waals surface area contributed by atoms with Crippen LogP contribution in [0, 0.1) is 18.7 Å². The van der Waals surface area contributed by atoms with E-state index in [4.69, 9.17) is 4.42 Å². The van der Waals surface area contributed by atoms with Gasteiger partial charge in [-0.2, -0.15) is 0 Å². The third kappa shape index (κ3) is 4.37. The quantitative estimate of drug-likeness (QED) is 0.604. The van der Waals surface area contributed by atoms with Crippen molar-refractivity contribution in [3.8, 4) is 11.5 Å². The highest BCUT2D eigenvalue weighted by Crippen LogP contribution is 2.32. The molecule has 2 aliphatic rings. The molecular weight excluding hydrogens is 423 g/mol. The van der Waals surface area contributed by atoms with Crippen LogP contribution in [-0.2, 0) is 9.59 Å². The lowest BCUT2D eigenvalue weighted by molar-refractivity contribution is -0.136. The van der Waals surface area contributed by atoms with Crippen molar-refractivity contribution < 1.29 is 18.4 Å². The van der Waals surface area contributed by atoms with Gasteiger partial charge in [-0.25, -0.2) is 4.39 Å². The van der Waals surface area contributed by atoms with Crippen LogP contribution >= 0.6 is 0 Å². The number of benzene rings is 2. The van der Waals surface area contributed by atoms with Gasteiger partial charge in [0.1, 0.15) is 5.82 Å². The number of amides is 2. The van der Waals surface area contributed by atoms with Crippen LogP contribution < -0.4 is 4.90 Å². The molecule has 1 atom stereocenters. The summed E-state index contributed by atoms with van der Waals surface area (Å²) in [5.74, 6) is 0.378. The highest BCUT2D eigenvalue weighted by molar-refractivity contribution is 6.00. The molecule has 170 valence electrons. The lowest BCUT2D eigenvalue weighted by Crippen LogP contribution is -2.42. The lowest BCUT2D eigenvalue weighted by atomic mass is 9.95. The number of anilines is 1. The Balaban J connectivity index is 1.18. The fourth-order valence-electron chi connectivity index (χ4n) is 4.56. The summed E-state index contributed by atoms with van der Waals surface area (Å²) in [7, 11) is 0. The average molecular weight is 448 g/mol. The molecule has 33 heavy (non-hydrogen) atoms. The molecule has 2 aromatic carbocycles. The van der Waals surface area contributed by atoms with Gasteiger partial charge in [-0.15, -0.1) is 10.2 Å². The Morgan fingerprint density at radius 2 is 1.73 bits per heavy atom. The van der Waals surface area contributed by atoms with Crippen LogP contribution in [0.4, 0.5) is 10.1 Å². The number of carbonyl (C=O) groups is 2. The van der Waals surface area contributed by atoms with Crippen molar-refractivity contribution in [2.24, 2.45) is 5.92 Å². The first-order valence-electron chi connectivity index (χ1n) is 11.2. The van der Waals surface area contributed by atoms with E-state index < -0.39 is 0 Å². The zero-order chi connectivity index (χ0) is 22.9. The zero-order valence-electron chi connectivity index (χ0n) is 18.4. The van der Waals surface area contributed by atoms with Crippen LogP contribution in [0.2, 0.25) is 0 Å². The van der Waals surface area contributed by atoms with E-state index in [9.17, 15) is 14.0 Å². The summed E-state index contributed by atoms with van der Waals surface area (Å²) < 4.78 is 19.0. The molecule has 3 heterocycles. The zero-order valence-corrected chi connectivity index (χ0v) is 18.4. The molecule has 0 unspecified atom stereocenters. The van der Waals surface area contributed by atoms with Gasteiger partial charge in [0.2, 0.25) is 23.6 Å². The maximum Gasteiger partial charge on any atom is 0.247 e. The molecule has 0 spiro atoms. The topological polar surface area (TPSA) is 79.5 Å². The summed E-state index contributed by atoms with van der Waals surface area (Å²) >= 11 is 0. The second-order valence-electron chi connectivity index (χ2n) is 8.79. The van der Waals surface area contributed by atoms with E-state index in [1.807, 2.05) is 36.1 Å². The van der Waals surface area contributed by atoms with Crippen LogP contribution in [0.25, 0.3) is 11.5 Å². The second kappa shape index (κ2) is 8.77. The van der Waals surface area contributed by atoms with Crippen molar-refractivity contribution in [2.45, 2.75) is 32.1 Å². The smallest absolute Gasteiger partial charge is 0.247 e. The number of piperidine rings is 1. The lowest BCUT2D eigenvalue weighted by Gasteiger charge is -2.32. The van der Waals surface area contributed by atoms with Gasteiger partial charge in [-0.1, -0.05) is 17.7 Å². The minimum absolute atomic E-state index is 0.00808. The number of likely N-dealkylation sites (tertiary alicyclic amines) is 1. The van der Waals surface area contributed by atoms with Gasteiger partial charge in [0.25, 0.3) is 0 Å². The summed E-state index contributed by atoms with van der Waals surface area (Å²) in [6, 6.07) is 13.7. The molecule has 2 fully saturated rings.